The van der Waals surface area contributed by atoms with Crippen LogP contribution in [0.3, 0.4) is 0 Å². The summed E-state index contributed by atoms with van der Waals surface area (Å²) >= 11 is 0. The zero-order valence-electron chi connectivity index (χ0n) is 36.8. The number of hydrogen-bond donors (Lipinski definition) is 5. The Morgan fingerprint density at radius 3 is 1.35 bits per heavy atom. The van der Waals surface area contributed by atoms with Crippen LogP contribution in [0, 0.1) is 0 Å². The topological polar surface area (TPSA) is 107 Å². The second kappa shape index (κ2) is 23.0. The first-order valence-electron chi connectivity index (χ1n) is 22.0. The van der Waals surface area contributed by atoms with Crippen LogP contribution >= 0.6 is 0 Å². The lowest BCUT2D eigenvalue weighted by atomic mass is 9.78. The van der Waals surface area contributed by atoms with Crippen LogP contribution in [0.15, 0.2) is 0 Å². The maximum absolute atomic E-state index is 6.92. The molecule has 7 N–H and O–H groups in total. The Labute approximate surface area is 324 Å². The van der Waals surface area contributed by atoms with E-state index in [1.807, 2.05) is 0 Å². The summed E-state index contributed by atoms with van der Waals surface area (Å²) in [6, 6.07) is 1.61. The minimum atomic E-state index is -0.277. The van der Waals surface area contributed by atoms with Crippen LogP contribution in [0.1, 0.15) is 186 Å². The molecule has 1 saturated carbocycles. The maximum atomic E-state index is 6.92. The van der Waals surface area contributed by atoms with Gasteiger partial charge in [-0.05, 0) is 114 Å². The van der Waals surface area contributed by atoms with Crippen molar-refractivity contribution in [2.24, 2.45) is 11.5 Å². The third kappa shape index (κ3) is 18.5. The van der Waals surface area contributed by atoms with Crippen LogP contribution in [-0.4, -0.2) is 107 Å². The van der Waals surface area contributed by atoms with Crippen LogP contribution in [0.2, 0.25) is 0 Å². The number of morpholine rings is 1. The second-order valence-corrected chi connectivity index (χ2v) is 19.8. The van der Waals surface area contributed by atoms with Crippen LogP contribution in [0.25, 0.3) is 0 Å². The van der Waals surface area contributed by atoms with Gasteiger partial charge < -0.3 is 26.8 Å². The zero-order valence-corrected chi connectivity index (χ0v) is 36.8. The predicted octanol–water partition coefficient (Wildman–Crippen LogP) is 7.73. The lowest BCUT2D eigenvalue weighted by Gasteiger charge is -2.51. The van der Waals surface area contributed by atoms with E-state index in [-0.39, 0.29) is 34.7 Å². The van der Waals surface area contributed by atoms with Crippen molar-refractivity contribution in [3.63, 3.8) is 0 Å². The molecule has 0 aromatic heterocycles. The molecule has 3 saturated heterocycles. The highest BCUT2D eigenvalue weighted by Crippen LogP contribution is 2.34. The summed E-state index contributed by atoms with van der Waals surface area (Å²) in [4.78, 5) is 7.54. The Hall–Kier alpha value is -0.360. The first-order valence-corrected chi connectivity index (χ1v) is 22.0. The van der Waals surface area contributed by atoms with Crippen LogP contribution in [-0.2, 0) is 4.74 Å². The van der Waals surface area contributed by atoms with E-state index < -0.39 is 0 Å². The maximum Gasteiger partial charge on any atom is 0.114 e. The van der Waals surface area contributed by atoms with Crippen molar-refractivity contribution in [3.8, 4) is 0 Å². The van der Waals surface area contributed by atoms with Crippen LogP contribution < -0.4 is 27.4 Å². The minimum absolute atomic E-state index is 0.0643. The van der Waals surface area contributed by atoms with Crippen LogP contribution in [0.5, 0.6) is 0 Å². The number of hydrogen-bond acceptors (Lipinski definition) is 9. The van der Waals surface area contributed by atoms with Crippen molar-refractivity contribution in [1.29, 1.82) is 0 Å². The summed E-state index contributed by atoms with van der Waals surface area (Å²) < 4.78 is 5.53. The first-order chi connectivity index (χ1) is 24.3. The van der Waals surface area contributed by atoms with Crippen molar-refractivity contribution in [1.82, 2.24) is 30.7 Å². The molecule has 3 aliphatic heterocycles. The summed E-state index contributed by atoms with van der Waals surface area (Å²) in [5.41, 5.74) is 14.0. The van der Waals surface area contributed by atoms with Crippen LogP contribution in [0.4, 0.5) is 0 Å². The Morgan fingerprint density at radius 1 is 0.635 bits per heavy atom. The molecule has 52 heavy (non-hydrogen) atoms. The predicted molar refractivity (Wildman–Crippen MR) is 225 cm³/mol. The molecule has 1 aliphatic carbocycles. The minimum Gasteiger partial charge on any atom is -0.379 e. The van der Waals surface area contributed by atoms with Gasteiger partial charge in [-0.2, -0.15) is 0 Å². The molecule has 0 spiro atoms. The molecule has 0 aromatic rings. The van der Waals surface area contributed by atoms with Gasteiger partial charge in [0.05, 0.1) is 13.2 Å². The van der Waals surface area contributed by atoms with Crippen molar-refractivity contribution < 1.29 is 4.74 Å². The van der Waals surface area contributed by atoms with Gasteiger partial charge in [0, 0.05) is 59.9 Å². The molecular weight excluding hydrogens is 645 g/mol. The molecule has 4 fully saturated rings. The average molecular weight is 737 g/mol. The fraction of sp³-hybridized carbons (Fsp3) is 1.00. The molecule has 4 rings (SSSR count). The molecule has 2 atom stereocenters. The van der Waals surface area contributed by atoms with E-state index in [9.17, 15) is 0 Å². The number of rotatable bonds is 14. The number of piperidine rings is 2. The van der Waals surface area contributed by atoms with E-state index in [1.165, 1.54) is 90.0 Å². The Morgan fingerprint density at radius 2 is 0.981 bits per heavy atom. The van der Waals surface area contributed by atoms with Crippen molar-refractivity contribution >= 4 is 0 Å². The third-order valence-corrected chi connectivity index (χ3v) is 11.4. The van der Waals surface area contributed by atoms with Gasteiger partial charge >= 0.3 is 0 Å². The number of nitrogens with one attached hydrogen (secondary N) is 3. The number of nitrogens with two attached hydrogens (primary N) is 2. The third-order valence-electron chi connectivity index (χ3n) is 11.4. The van der Waals surface area contributed by atoms with E-state index in [0.717, 1.165) is 52.1 Å². The van der Waals surface area contributed by atoms with Gasteiger partial charge in [0.25, 0.3) is 0 Å². The molecule has 0 aromatic carbocycles. The van der Waals surface area contributed by atoms with Gasteiger partial charge in [0.1, 0.15) is 12.6 Å². The quantitative estimate of drug-likeness (QED) is 0.0696. The number of unbranched alkanes of at least 4 members (excludes halogenated alkanes) is 3. The first kappa shape index (κ1) is 47.8. The summed E-state index contributed by atoms with van der Waals surface area (Å²) in [6.07, 6.45) is 20.7. The summed E-state index contributed by atoms with van der Waals surface area (Å²) in [6.45, 7) is 33.1. The lowest BCUT2D eigenvalue weighted by Crippen LogP contribution is -2.69. The molecule has 0 bridgehead atoms. The van der Waals surface area contributed by atoms with E-state index in [2.05, 4.69) is 114 Å². The highest BCUT2D eigenvalue weighted by Gasteiger charge is 2.42. The highest BCUT2D eigenvalue weighted by atomic mass is 16.5. The van der Waals surface area contributed by atoms with E-state index in [4.69, 9.17) is 16.2 Å². The molecule has 9 nitrogen and oxygen atoms in total. The van der Waals surface area contributed by atoms with Crippen molar-refractivity contribution in [2.75, 3.05) is 39.4 Å². The Bertz CT molecular complexity index is 882. The lowest BCUT2D eigenvalue weighted by molar-refractivity contribution is -0.0165. The Kier molecular flexibility index (Phi) is 21.1. The monoisotopic (exact) mass is 737 g/mol. The Balaban J connectivity index is 0.000000812. The molecule has 310 valence electrons. The van der Waals surface area contributed by atoms with Gasteiger partial charge in [0.2, 0.25) is 0 Å². The van der Waals surface area contributed by atoms with Gasteiger partial charge in [-0.15, -0.1) is 0 Å². The molecule has 0 radical (unpaired) electrons. The molecule has 3 heterocycles. The summed E-state index contributed by atoms with van der Waals surface area (Å²) in [5.74, 6) is 0. The standard InChI is InChI=1S/C33H70N8O.C7H14.C3H8/c1-25(2)40(26-21-30(3,4)37-31(5,6)22-26)15-13-11-12-14-16-41(27-23-32(7,8)38-33(9,10)24-27)29(35)36-28(34)39-17-19-42-20-18-39;1-2-4-6-7-5-3-1;1-3-2/h25-29,36-38H,11-24,34-35H2,1-10H3;1-7H2;3H2,1-2H3. The molecule has 2 unspecified atom stereocenters. The van der Waals surface area contributed by atoms with E-state index >= 15 is 0 Å². The summed E-state index contributed by atoms with van der Waals surface area (Å²) in [5, 5.41) is 11.3. The van der Waals surface area contributed by atoms with Gasteiger partial charge in [-0.3, -0.25) is 20.0 Å². The van der Waals surface area contributed by atoms with E-state index in [0.29, 0.717) is 18.1 Å². The fourth-order valence-electron chi connectivity index (χ4n) is 9.83. The zero-order chi connectivity index (χ0) is 39.0. The molecule has 0 amide bonds. The average Bonchev–Trinajstić information content (AvgIpc) is 3.34. The number of ether oxygens (including phenoxy) is 1. The SMILES string of the molecule is C1CCCCCC1.CC(C)N(CCCCCCN(C1CC(C)(C)NC(C)(C)C1)C(N)NC(N)N1CCOCC1)C1CC(C)(C)NC(C)(C)C1.CCC. The summed E-state index contributed by atoms with van der Waals surface area (Å²) in [7, 11) is 0. The largest absolute Gasteiger partial charge is 0.379 e. The highest BCUT2D eigenvalue weighted by molar-refractivity contribution is 5.02. The van der Waals surface area contributed by atoms with Crippen molar-refractivity contribution in [2.45, 2.75) is 239 Å². The molecular formula is C43H92N8O. The smallest absolute Gasteiger partial charge is 0.114 e. The van der Waals surface area contributed by atoms with Crippen molar-refractivity contribution in [3.05, 3.63) is 0 Å². The van der Waals surface area contributed by atoms with Gasteiger partial charge in [-0.1, -0.05) is 78.1 Å². The van der Waals surface area contributed by atoms with Gasteiger partial charge in [0.15, 0.2) is 0 Å². The normalized spacial score (nSPS) is 25.1. The fourth-order valence-corrected chi connectivity index (χ4v) is 9.83. The van der Waals surface area contributed by atoms with Gasteiger partial charge in [-0.25, -0.2) is 0 Å². The second-order valence-electron chi connectivity index (χ2n) is 19.8. The van der Waals surface area contributed by atoms with E-state index in [1.54, 1.807) is 0 Å². The molecule has 9 heteroatoms. The molecule has 4 aliphatic rings. The number of nitrogens with zero attached hydrogens (tertiary/aromatic N) is 3.